The van der Waals surface area contributed by atoms with E-state index in [0.29, 0.717) is 25.6 Å². The Kier molecular flexibility index (Phi) is 19.0. The zero-order valence-electron chi connectivity index (χ0n) is 20.0. The van der Waals surface area contributed by atoms with E-state index in [1.165, 1.54) is 52.1 Å². The molecule has 1 N–H and O–H groups in total. The van der Waals surface area contributed by atoms with Crippen molar-refractivity contribution >= 4 is 11.9 Å². The fourth-order valence-corrected chi connectivity index (χ4v) is 3.60. The molecule has 0 radical (unpaired) electrons. The number of aliphatic hydroxyl groups excluding tert-OH is 1. The summed E-state index contributed by atoms with van der Waals surface area (Å²) in [7, 11) is 1.37. The van der Waals surface area contributed by atoms with Crippen molar-refractivity contribution in [3.8, 4) is 0 Å². The molecule has 0 bridgehead atoms. The molecule has 1 atom stereocenters. The van der Waals surface area contributed by atoms with Gasteiger partial charge in [0.1, 0.15) is 0 Å². The summed E-state index contributed by atoms with van der Waals surface area (Å²) in [6.45, 7) is 7.86. The van der Waals surface area contributed by atoms with Gasteiger partial charge in [-0.05, 0) is 18.8 Å². The van der Waals surface area contributed by atoms with Gasteiger partial charge in [-0.25, -0.2) is 0 Å². The number of methoxy groups -OCH3 is 1. The van der Waals surface area contributed by atoms with E-state index in [4.69, 9.17) is 9.47 Å². The van der Waals surface area contributed by atoms with Gasteiger partial charge in [0.2, 0.25) is 0 Å². The fourth-order valence-electron chi connectivity index (χ4n) is 3.60. The van der Waals surface area contributed by atoms with Crippen molar-refractivity contribution < 1.29 is 24.2 Å². The van der Waals surface area contributed by atoms with Crippen LogP contribution in [-0.4, -0.2) is 61.4 Å². The number of carbonyl (C=O) groups is 2. The van der Waals surface area contributed by atoms with E-state index in [1.807, 2.05) is 4.90 Å². The first kappa shape index (κ1) is 28.9. The molecule has 178 valence electrons. The largest absolute Gasteiger partial charge is 0.469 e. The second-order valence-electron chi connectivity index (χ2n) is 8.63. The average molecular weight is 430 g/mol. The lowest BCUT2D eigenvalue weighted by molar-refractivity contribution is -0.144. The quantitative estimate of drug-likeness (QED) is 0.223. The summed E-state index contributed by atoms with van der Waals surface area (Å²) in [4.78, 5) is 25.6. The molecular weight excluding hydrogens is 382 g/mol. The SMILES string of the molecule is CCCCCCCCCCCOC(=O)CCN(CCC(=O)OC)[C@H](CO)CC(C)C. The Morgan fingerprint density at radius 3 is 1.90 bits per heavy atom. The Morgan fingerprint density at radius 1 is 0.867 bits per heavy atom. The highest BCUT2D eigenvalue weighted by atomic mass is 16.5. The van der Waals surface area contributed by atoms with Crippen LogP contribution in [0.4, 0.5) is 0 Å². The van der Waals surface area contributed by atoms with Crippen molar-refractivity contribution in [3.05, 3.63) is 0 Å². The smallest absolute Gasteiger partial charge is 0.307 e. The molecule has 0 saturated carbocycles. The Morgan fingerprint density at radius 2 is 1.40 bits per heavy atom. The van der Waals surface area contributed by atoms with Crippen molar-refractivity contribution in [2.75, 3.05) is 33.4 Å². The molecule has 0 aromatic heterocycles. The average Bonchev–Trinajstić information content (AvgIpc) is 2.73. The van der Waals surface area contributed by atoms with E-state index in [-0.39, 0.29) is 37.4 Å². The van der Waals surface area contributed by atoms with E-state index in [9.17, 15) is 14.7 Å². The van der Waals surface area contributed by atoms with Crippen LogP contribution < -0.4 is 0 Å². The Balaban J connectivity index is 4.08. The van der Waals surface area contributed by atoms with Gasteiger partial charge in [-0.3, -0.25) is 14.5 Å². The monoisotopic (exact) mass is 429 g/mol. The van der Waals surface area contributed by atoms with E-state index in [0.717, 1.165) is 19.3 Å². The lowest BCUT2D eigenvalue weighted by Crippen LogP contribution is -2.41. The highest BCUT2D eigenvalue weighted by Gasteiger charge is 2.21. The number of rotatable bonds is 20. The van der Waals surface area contributed by atoms with E-state index in [1.54, 1.807) is 0 Å². The van der Waals surface area contributed by atoms with Crippen LogP contribution in [0.5, 0.6) is 0 Å². The van der Waals surface area contributed by atoms with E-state index < -0.39 is 0 Å². The predicted octanol–water partition coefficient (Wildman–Crippen LogP) is 4.72. The molecule has 0 rings (SSSR count). The maximum Gasteiger partial charge on any atom is 0.307 e. The van der Waals surface area contributed by atoms with Gasteiger partial charge in [-0.2, -0.15) is 0 Å². The minimum atomic E-state index is -0.283. The zero-order valence-corrected chi connectivity index (χ0v) is 20.0. The maximum atomic E-state index is 12.1. The summed E-state index contributed by atoms with van der Waals surface area (Å²) >= 11 is 0. The number of unbranched alkanes of at least 4 members (excludes halogenated alkanes) is 8. The summed E-state index contributed by atoms with van der Waals surface area (Å²) in [6.07, 6.45) is 12.4. The van der Waals surface area contributed by atoms with Crippen LogP contribution in [0.1, 0.15) is 97.8 Å². The molecule has 0 spiro atoms. The Labute approximate surface area is 184 Å². The highest BCUT2D eigenvalue weighted by Crippen LogP contribution is 2.13. The van der Waals surface area contributed by atoms with Gasteiger partial charge in [0.15, 0.2) is 0 Å². The van der Waals surface area contributed by atoms with Crippen LogP contribution >= 0.6 is 0 Å². The second-order valence-corrected chi connectivity index (χ2v) is 8.63. The van der Waals surface area contributed by atoms with Crippen molar-refractivity contribution in [2.45, 2.75) is 104 Å². The van der Waals surface area contributed by atoms with Gasteiger partial charge in [0.05, 0.1) is 33.2 Å². The maximum absolute atomic E-state index is 12.1. The van der Waals surface area contributed by atoms with E-state index in [2.05, 4.69) is 20.8 Å². The summed E-state index contributed by atoms with van der Waals surface area (Å²) in [5.74, 6) is -0.0746. The molecule has 6 heteroatoms. The van der Waals surface area contributed by atoms with Gasteiger partial charge in [-0.1, -0.05) is 72.1 Å². The number of hydrogen-bond donors (Lipinski definition) is 1. The third kappa shape index (κ3) is 16.6. The van der Waals surface area contributed by atoms with Crippen LogP contribution in [0.25, 0.3) is 0 Å². The third-order valence-electron chi connectivity index (χ3n) is 5.42. The van der Waals surface area contributed by atoms with Gasteiger partial charge < -0.3 is 14.6 Å². The van der Waals surface area contributed by atoms with Crippen LogP contribution in [0.2, 0.25) is 0 Å². The molecular formula is C24H47NO5. The molecule has 0 saturated heterocycles. The van der Waals surface area contributed by atoms with Gasteiger partial charge in [-0.15, -0.1) is 0 Å². The van der Waals surface area contributed by atoms with Gasteiger partial charge in [0.25, 0.3) is 0 Å². The Bertz CT molecular complexity index is 428. The number of ether oxygens (including phenoxy) is 2. The molecule has 0 aliphatic heterocycles. The topological polar surface area (TPSA) is 76.1 Å². The van der Waals surface area contributed by atoms with Gasteiger partial charge in [0, 0.05) is 19.1 Å². The molecule has 0 amide bonds. The summed E-state index contributed by atoms with van der Waals surface area (Å²) in [5, 5.41) is 9.76. The molecule has 0 aromatic carbocycles. The van der Waals surface area contributed by atoms with Crippen molar-refractivity contribution in [3.63, 3.8) is 0 Å². The number of nitrogens with zero attached hydrogens (tertiary/aromatic N) is 1. The third-order valence-corrected chi connectivity index (χ3v) is 5.42. The van der Waals surface area contributed by atoms with Crippen molar-refractivity contribution in [1.29, 1.82) is 0 Å². The highest BCUT2D eigenvalue weighted by molar-refractivity contribution is 5.70. The first-order valence-electron chi connectivity index (χ1n) is 12.0. The molecule has 6 nitrogen and oxygen atoms in total. The Hall–Kier alpha value is -1.14. The molecule has 0 fully saturated rings. The number of esters is 2. The van der Waals surface area contributed by atoms with Crippen molar-refractivity contribution in [1.82, 2.24) is 4.90 Å². The van der Waals surface area contributed by atoms with Crippen LogP contribution in [0, 0.1) is 5.92 Å². The van der Waals surface area contributed by atoms with Crippen LogP contribution in [-0.2, 0) is 19.1 Å². The summed E-state index contributed by atoms with van der Waals surface area (Å²) < 4.78 is 10.1. The number of carbonyl (C=O) groups excluding carboxylic acids is 2. The summed E-state index contributed by atoms with van der Waals surface area (Å²) in [6, 6.07) is -0.0696. The lowest BCUT2D eigenvalue weighted by Gasteiger charge is -2.31. The van der Waals surface area contributed by atoms with Crippen LogP contribution in [0.3, 0.4) is 0 Å². The standard InChI is InChI=1S/C24H47NO5/c1-5-6-7-8-9-10-11-12-13-18-30-24(28)15-17-25(16-14-23(27)29-4)22(20-26)19-21(2)3/h21-22,26H,5-20H2,1-4H3/t22-/m0/s1. The molecule has 0 aromatic rings. The molecule has 0 heterocycles. The molecule has 0 unspecified atom stereocenters. The molecule has 0 aliphatic rings. The fraction of sp³-hybridized carbons (Fsp3) is 0.917. The molecule has 30 heavy (non-hydrogen) atoms. The lowest BCUT2D eigenvalue weighted by atomic mass is 10.0. The van der Waals surface area contributed by atoms with Crippen molar-refractivity contribution in [2.24, 2.45) is 5.92 Å². The van der Waals surface area contributed by atoms with Gasteiger partial charge >= 0.3 is 11.9 Å². The minimum absolute atomic E-state index is 0.00679. The predicted molar refractivity (Wildman–Crippen MR) is 121 cm³/mol. The first-order valence-corrected chi connectivity index (χ1v) is 12.0. The van der Waals surface area contributed by atoms with E-state index >= 15 is 0 Å². The van der Waals surface area contributed by atoms with Crippen LogP contribution in [0.15, 0.2) is 0 Å². The molecule has 0 aliphatic carbocycles. The number of aliphatic hydroxyl groups is 1. The normalized spacial score (nSPS) is 12.4. The zero-order chi connectivity index (χ0) is 22.6. The number of hydrogen-bond acceptors (Lipinski definition) is 6. The second kappa shape index (κ2) is 19.8. The first-order chi connectivity index (χ1) is 14.4. The minimum Gasteiger partial charge on any atom is -0.469 e. The summed E-state index contributed by atoms with van der Waals surface area (Å²) in [5.41, 5.74) is 0.